The van der Waals surface area contributed by atoms with E-state index in [1.165, 1.54) is 18.2 Å². The Morgan fingerprint density at radius 2 is 2.22 bits per heavy atom. The van der Waals surface area contributed by atoms with Gasteiger partial charge in [0.1, 0.15) is 5.82 Å². The third-order valence-corrected chi connectivity index (χ3v) is 4.98. The second-order valence-corrected chi connectivity index (χ2v) is 6.96. The molecule has 1 heterocycles. The molecule has 0 aromatic heterocycles. The molecule has 1 saturated heterocycles. The molecule has 0 amide bonds. The van der Waals surface area contributed by atoms with E-state index in [0.717, 1.165) is 11.3 Å². The first-order valence-electron chi connectivity index (χ1n) is 6.58. The number of hydrogen-bond acceptors (Lipinski definition) is 2. The Hall–Kier alpha value is -0.540. The Morgan fingerprint density at radius 1 is 1.44 bits per heavy atom. The van der Waals surface area contributed by atoms with E-state index in [-0.39, 0.29) is 11.9 Å². The normalized spacial score (nSPS) is 24.8. The zero-order chi connectivity index (χ0) is 13.2. The fourth-order valence-corrected chi connectivity index (χ4v) is 4.00. The molecule has 0 aliphatic carbocycles. The van der Waals surface area contributed by atoms with Gasteiger partial charge in [-0.1, -0.05) is 26.0 Å². The lowest BCUT2D eigenvalue weighted by atomic mass is 9.81. The van der Waals surface area contributed by atoms with Crippen molar-refractivity contribution in [3.05, 3.63) is 35.6 Å². The highest BCUT2D eigenvalue weighted by Gasteiger charge is 2.33. The van der Waals surface area contributed by atoms with Crippen LogP contribution >= 0.6 is 11.8 Å². The molecule has 1 aromatic rings. The molecule has 1 aliphatic heterocycles. The van der Waals surface area contributed by atoms with Gasteiger partial charge in [-0.05, 0) is 42.2 Å². The Morgan fingerprint density at radius 3 is 2.89 bits per heavy atom. The van der Waals surface area contributed by atoms with Crippen molar-refractivity contribution in [2.75, 3.05) is 11.5 Å². The van der Waals surface area contributed by atoms with Crippen LogP contribution in [0.4, 0.5) is 4.39 Å². The van der Waals surface area contributed by atoms with Crippen LogP contribution in [0, 0.1) is 11.2 Å². The molecule has 1 nitrogen and oxygen atoms in total. The largest absolute Gasteiger partial charge is 0.306 e. The summed E-state index contributed by atoms with van der Waals surface area (Å²) in [5.41, 5.74) is 1.36. The highest BCUT2D eigenvalue weighted by molar-refractivity contribution is 7.99. The maximum atomic E-state index is 13.2. The summed E-state index contributed by atoms with van der Waals surface area (Å²) in [5.74, 6) is 2.24. The second kappa shape index (κ2) is 5.62. The fraction of sp³-hybridized carbons (Fsp3) is 0.600. The van der Waals surface area contributed by atoms with Crippen molar-refractivity contribution in [3.63, 3.8) is 0 Å². The lowest BCUT2D eigenvalue weighted by Gasteiger charge is -2.40. The smallest absolute Gasteiger partial charge is 0.123 e. The highest BCUT2D eigenvalue weighted by atomic mass is 32.2. The van der Waals surface area contributed by atoms with E-state index in [2.05, 4.69) is 26.1 Å². The summed E-state index contributed by atoms with van der Waals surface area (Å²) in [5, 5.41) is 3.67. The Labute approximate surface area is 114 Å². The summed E-state index contributed by atoms with van der Waals surface area (Å²) in [4.78, 5) is 0. The first-order chi connectivity index (χ1) is 8.49. The SMILES string of the molecule is CC(NC1CSCCC1(C)C)c1cccc(F)c1. The topological polar surface area (TPSA) is 12.0 Å². The number of hydrogen-bond donors (Lipinski definition) is 1. The molecule has 1 aliphatic rings. The molecule has 2 unspecified atom stereocenters. The summed E-state index contributed by atoms with van der Waals surface area (Å²) in [7, 11) is 0. The monoisotopic (exact) mass is 267 g/mol. The van der Waals surface area contributed by atoms with Gasteiger partial charge in [0.25, 0.3) is 0 Å². The molecule has 100 valence electrons. The molecule has 1 fully saturated rings. The summed E-state index contributed by atoms with van der Waals surface area (Å²) in [6.45, 7) is 6.76. The van der Waals surface area contributed by atoms with Crippen molar-refractivity contribution in [3.8, 4) is 0 Å². The molecule has 1 N–H and O–H groups in total. The number of thioether (sulfide) groups is 1. The summed E-state index contributed by atoms with van der Waals surface area (Å²) in [6, 6.07) is 7.59. The predicted molar refractivity (Wildman–Crippen MR) is 77.5 cm³/mol. The van der Waals surface area contributed by atoms with E-state index < -0.39 is 0 Å². The molecule has 1 aromatic carbocycles. The molecule has 2 rings (SSSR count). The quantitative estimate of drug-likeness (QED) is 0.888. The molecule has 18 heavy (non-hydrogen) atoms. The molecule has 0 saturated carbocycles. The zero-order valence-electron chi connectivity index (χ0n) is 11.4. The third kappa shape index (κ3) is 3.27. The third-order valence-electron chi connectivity index (χ3n) is 3.92. The van der Waals surface area contributed by atoms with Crippen molar-refractivity contribution in [1.29, 1.82) is 0 Å². The van der Waals surface area contributed by atoms with Crippen LogP contribution in [0.1, 0.15) is 38.8 Å². The maximum Gasteiger partial charge on any atom is 0.123 e. The Bertz CT molecular complexity index is 405. The molecule has 0 bridgehead atoms. The average molecular weight is 267 g/mol. The first kappa shape index (κ1) is 13.9. The second-order valence-electron chi connectivity index (χ2n) is 5.81. The minimum atomic E-state index is -0.154. The van der Waals surface area contributed by atoms with Gasteiger partial charge in [-0.15, -0.1) is 0 Å². The average Bonchev–Trinajstić information content (AvgIpc) is 2.31. The van der Waals surface area contributed by atoms with E-state index >= 15 is 0 Å². The minimum Gasteiger partial charge on any atom is -0.306 e. The van der Waals surface area contributed by atoms with Crippen LogP contribution in [0.3, 0.4) is 0 Å². The van der Waals surface area contributed by atoms with Crippen LogP contribution in [-0.4, -0.2) is 17.5 Å². The summed E-state index contributed by atoms with van der Waals surface area (Å²) < 4.78 is 13.2. The molecule has 2 atom stereocenters. The van der Waals surface area contributed by atoms with Crippen LogP contribution in [0.5, 0.6) is 0 Å². The Kier molecular flexibility index (Phi) is 4.33. The minimum absolute atomic E-state index is 0.154. The molecule has 0 spiro atoms. The van der Waals surface area contributed by atoms with Crippen molar-refractivity contribution in [2.24, 2.45) is 5.41 Å². The lowest BCUT2D eigenvalue weighted by Crippen LogP contribution is -2.47. The van der Waals surface area contributed by atoms with Gasteiger partial charge in [-0.25, -0.2) is 4.39 Å². The number of nitrogens with one attached hydrogen (secondary N) is 1. The van der Waals surface area contributed by atoms with Gasteiger partial charge in [0.2, 0.25) is 0 Å². The van der Waals surface area contributed by atoms with E-state index in [1.807, 2.05) is 17.8 Å². The van der Waals surface area contributed by atoms with Gasteiger partial charge < -0.3 is 5.32 Å². The maximum absolute atomic E-state index is 13.2. The van der Waals surface area contributed by atoms with E-state index in [9.17, 15) is 4.39 Å². The number of halogens is 1. The standard InChI is InChI=1S/C15H22FNS/c1-11(12-5-4-6-13(16)9-12)17-14-10-18-8-7-15(14,2)3/h4-6,9,11,14,17H,7-8,10H2,1-3H3. The molecular weight excluding hydrogens is 245 g/mol. The van der Waals surface area contributed by atoms with E-state index in [0.29, 0.717) is 11.5 Å². The van der Waals surface area contributed by atoms with Gasteiger partial charge in [0.15, 0.2) is 0 Å². The number of benzene rings is 1. The van der Waals surface area contributed by atoms with Gasteiger partial charge in [-0.2, -0.15) is 11.8 Å². The van der Waals surface area contributed by atoms with Crippen molar-refractivity contribution < 1.29 is 4.39 Å². The highest BCUT2D eigenvalue weighted by Crippen LogP contribution is 2.35. The predicted octanol–water partition coefficient (Wildman–Crippen LogP) is 4.01. The molecular formula is C15H22FNS. The Balaban J connectivity index is 2.04. The molecule has 0 radical (unpaired) electrons. The molecule has 3 heteroatoms. The first-order valence-corrected chi connectivity index (χ1v) is 7.74. The zero-order valence-corrected chi connectivity index (χ0v) is 12.2. The van der Waals surface area contributed by atoms with Crippen molar-refractivity contribution in [2.45, 2.75) is 39.3 Å². The fourth-order valence-electron chi connectivity index (χ4n) is 2.38. The van der Waals surface area contributed by atoms with Crippen LogP contribution in [0.25, 0.3) is 0 Å². The summed E-state index contributed by atoms with van der Waals surface area (Å²) >= 11 is 2.01. The van der Waals surface area contributed by atoms with Crippen LogP contribution < -0.4 is 5.32 Å². The van der Waals surface area contributed by atoms with Crippen LogP contribution in [0.15, 0.2) is 24.3 Å². The van der Waals surface area contributed by atoms with E-state index in [4.69, 9.17) is 0 Å². The van der Waals surface area contributed by atoms with Crippen molar-refractivity contribution >= 4 is 11.8 Å². The van der Waals surface area contributed by atoms with Gasteiger partial charge in [-0.3, -0.25) is 0 Å². The van der Waals surface area contributed by atoms with Crippen LogP contribution in [0.2, 0.25) is 0 Å². The lowest BCUT2D eigenvalue weighted by molar-refractivity contribution is 0.232. The van der Waals surface area contributed by atoms with E-state index in [1.54, 1.807) is 12.1 Å². The van der Waals surface area contributed by atoms with Crippen molar-refractivity contribution in [1.82, 2.24) is 5.32 Å². The number of rotatable bonds is 3. The summed E-state index contributed by atoms with van der Waals surface area (Å²) in [6.07, 6.45) is 1.24. The van der Waals surface area contributed by atoms with Gasteiger partial charge in [0, 0.05) is 17.8 Å². The van der Waals surface area contributed by atoms with Gasteiger partial charge >= 0.3 is 0 Å². The van der Waals surface area contributed by atoms with Crippen LogP contribution in [-0.2, 0) is 0 Å². The van der Waals surface area contributed by atoms with Gasteiger partial charge in [0.05, 0.1) is 0 Å².